The van der Waals surface area contributed by atoms with Gasteiger partial charge in [0, 0.05) is 21.5 Å². The van der Waals surface area contributed by atoms with Crippen molar-refractivity contribution in [2.45, 2.75) is 11.8 Å². The van der Waals surface area contributed by atoms with Gasteiger partial charge in [-0.2, -0.15) is 0 Å². The molecule has 0 spiro atoms. The smallest absolute Gasteiger partial charge is 0.258 e. The minimum Gasteiger partial charge on any atom is -0.258 e. The summed E-state index contributed by atoms with van der Waals surface area (Å²) in [5.41, 5.74) is 0.118. The second-order valence-corrected chi connectivity index (χ2v) is 4.47. The molecule has 0 N–H and O–H groups in total. The Morgan fingerprint density at radius 2 is 2.31 bits per heavy atom. The van der Waals surface area contributed by atoms with Crippen LogP contribution in [0.2, 0.25) is 0 Å². The van der Waals surface area contributed by atoms with Gasteiger partial charge in [0.05, 0.1) is 4.92 Å². The monoisotopic (exact) mass is 261 g/mol. The Morgan fingerprint density at radius 1 is 1.62 bits per heavy atom. The Morgan fingerprint density at radius 3 is 2.77 bits per heavy atom. The quantitative estimate of drug-likeness (QED) is 0.476. The zero-order valence-corrected chi connectivity index (χ0v) is 9.39. The van der Waals surface area contributed by atoms with Gasteiger partial charge in [-0.25, -0.2) is 0 Å². The van der Waals surface area contributed by atoms with E-state index in [0.717, 1.165) is 15.1 Å². The summed E-state index contributed by atoms with van der Waals surface area (Å²) in [4.78, 5) is 11.0. The third-order valence-corrected chi connectivity index (χ3v) is 3.30. The third kappa shape index (κ3) is 2.70. The van der Waals surface area contributed by atoms with Crippen molar-refractivity contribution in [2.24, 2.45) is 0 Å². The maximum atomic E-state index is 10.4. The molecule has 0 saturated heterocycles. The Hall–Kier alpha value is -0.550. The van der Waals surface area contributed by atoms with Gasteiger partial charge < -0.3 is 0 Å². The van der Waals surface area contributed by atoms with Crippen LogP contribution < -0.4 is 0 Å². The van der Waals surface area contributed by atoms with E-state index in [1.807, 2.05) is 6.92 Å². The zero-order chi connectivity index (χ0) is 9.84. The molecule has 0 bridgehead atoms. The highest BCUT2D eigenvalue weighted by Gasteiger charge is 2.08. The first-order valence-corrected chi connectivity index (χ1v) is 5.49. The topological polar surface area (TPSA) is 43.1 Å². The van der Waals surface area contributed by atoms with E-state index in [1.165, 1.54) is 12.1 Å². The summed E-state index contributed by atoms with van der Waals surface area (Å²) in [6, 6.07) is 4.80. The van der Waals surface area contributed by atoms with E-state index in [2.05, 4.69) is 15.9 Å². The van der Waals surface area contributed by atoms with Crippen molar-refractivity contribution in [1.29, 1.82) is 0 Å². The van der Waals surface area contributed by atoms with Crippen molar-refractivity contribution in [2.75, 3.05) is 5.75 Å². The van der Waals surface area contributed by atoms with Gasteiger partial charge in [-0.1, -0.05) is 6.92 Å². The van der Waals surface area contributed by atoms with Crippen molar-refractivity contribution >= 4 is 33.4 Å². The van der Waals surface area contributed by atoms with Crippen molar-refractivity contribution in [3.05, 3.63) is 32.8 Å². The molecule has 70 valence electrons. The van der Waals surface area contributed by atoms with Crippen LogP contribution in [0.15, 0.2) is 27.6 Å². The lowest BCUT2D eigenvalue weighted by Crippen LogP contribution is -1.87. The molecule has 0 heterocycles. The number of hydrogen-bond acceptors (Lipinski definition) is 3. The highest BCUT2D eigenvalue weighted by Crippen LogP contribution is 2.30. The summed E-state index contributed by atoms with van der Waals surface area (Å²) in [6.07, 6.45) is 0. The van der Waals surface area contributed by atoms with Gasteiger partial charge in [0.25, 0.3) is 5.69 Å². The summed E-state index contributed by atoms with van der Waals surface area (Å²) in [5.74, 6) is 0.955. The summed E-state index contributed by atoms with van der Waals surface area (Å²) in [7, 11) is 0. The van der Waals surface area contributed by atoms with Crippen LogP contribution in [-0.4, -0.2) is 10.7 Å². The summed E-state index contributed by atoms with van der Waals surface area (Å²) >= 11 is 4.94. The Bertz CT molecular complexity index is 330. The van der Waals surface area contributed by atoms with Crippen LogP contribution in [0, 0.1) is 10.1 Å². The molecule has 0 fully saturated rings. The van der Waals surface area contributed by atoms with Crippen LogP contribution >= 0.6 is 27.7 Å². The highest BCUT2D eigenvalue weighted by atomic mass is 79.9. The molecule has 3 nitrogen and oxygen atoms in total. The van der Waals surface area contributed by atoms with E-state index in [-0.39, 0.29) is 5.69 Å². The molecule has 0 aliphatic carbocycles. The number of hydrogen-bond donors (Lipinski definition) is 0. The van der Waals surface area contributed by atoms with Gasteiger partial charge in [0.1, 0.15) is 0 Å². The van der Waals surface area contributed by atoms with Crippen LogP contribution in [0.5, 0.6) is 0 Å². The molecule has 1 aromatic rings. The first kappa shape index (κ1) is 10.5. The summed E-state index contributed by atoms with van der Waals surface area (Å²) in [5, 5.41) is 10.4. The number of halogens is 1. The lowest BCUT2D eigenvalue weighted by Gasteiger charge is -2.00. The average molecular weight is 262 g/mol. The predicted molar refractivity (Wildman–Crippen MR) is 57.2 cm³/mol. The number of benzene rings is 1. The Balaban J connectivity index is 2.98. The molecule has 0 atom stereocenters. The Labute approximate surface area is 88.8 Å². The van der Waals surface area contributed by atoms with Gasteiger partial charge >= 0.3 is 0 Å². The molecule has 1 rings (SSSR count). The second-order valence-electron chi connectivity index (χ2n) is 2.30. The molecule has 0 radical (unpaired) electrons. The first-order valence-electron chi connectivity index (χ1n) is 3.72. The fourth-order valence-electron chi connectivity index (χ4n) is 0.876. The molecule has 0 aliphatic heterocycles. The van der Waals surface area contributed by atoms with Crippen molar-refractivity contribution in [3.8, 4) is 0 Å². The third-order valence-electron chi connectivity index (χ3n) is 1.43. The van der Waals surface area contributed by atoms with E-state index in [1.54, 1.807) is 17.8 Å². The molecule has 5 heteroatoms. The minimum atomic E-state index is -0.398. The molecule has 1 aromatic carbocycles. The summed E-state index contributed by atoms with van der Waals surface area (Å²) < 4.78 is 0.786. The van der Waals surface area contributed by atoms with E-state index in [9.17, 15) is 10.1 Å². The SMILES string of the molecule is CCSc1ccc([N+](=O)[O-])cc1Br. The van der Waals surface area contributed by atoms with Crippen molar-refractivity contribution in [1.82, 2.24) is 0 Å². The number of nitro groups is 1. The van der Waals surface area contributed by atoms with Crippen LogP contribution in [0.25, 0.3) is 0 Å². The summed E-state index contributed by atoms with van der Waals surface area (Å²) in [6.45, 7) is 2.04. The van der Waals surface area contributed by atoms with Gasteiger partial charge in [-0.3, -0.25) is 10.1 Å². The molecule has 13 heavy (non-hydrogen) atoms. The molecule has 0 amide bonds. The van der Waals surface area contributed by atoms with E-state index >= 15 is 0 Å². The van der Waals surface area contributed by atoms with E-state index in [0.29, 0.717) is 0 Å². The number of non-ortho nitro benzene ring substituents is 1. The fourth-order valence-corrected chi connectivity index (χ4v) is 2.26. The number of nitro benzene ring substituents is 1. The second kappa shape index (κ2) is 4.62. The molecule has 0 saturated carbocycles. The number of rotatable bonds is 3. The predicted octanol–water partition coefficient (Wildman–Crippen LogP) is 3.47. The fraction of sp³-hybridized carbons (Fsp3) is 0.250. The van der Waals surface area contributed by atoms with Crippen molar-refractivity contribution < 1.29 is 4.92 Å². The van der Waals surface area contributed by atoms with Crippen LogP contribution in [0.3, 0.4) is 0 Å². The minimum absolute atomic E-state index is 0.118. The van der Waals surface area contributed by atoms with Crippen LogP contribution in [0.4, 0.5) is 5.69 Å². The first-order chi connectivity index (χ1) is 6.15. The molecule has 0 aliphatic rings. The van der Waals surface area contributed by atoms with Gasteiger partial charge in [-0.05, 0) is 27.7 Å². The largest absolute Gasteiger partial charge is 0.270 e. The van der Waals surface area contributed by atoms with Crippen LogP contribution in [-0.2, 0) is 0 Å². The normalized spacial score (nSPS) is 10.0. The molecule has 0 aromatic heterocycles. The van der Waals surface area contributed by atoms with Gasteiger partial charge in [0.15, 0.2) is 0 Å². The van der Waals surface area contributed by atoms with Crippen LogP contribution in [0.1, 0.15) is 6.92 Å². The Kier molecular flexibility index (Phi) is 3.74. The maximum Gasteiger partial charge on any atom is 0.270 e. The highest BCUT2D eigenvalue weighted by molar-refractivity contribution is 9.10. The van der Waals surface area contributed by atoms with Gasteiger partial charge in [-0.15, -0.1) is 11.8 Å². The molecular weight excluding hydrogens is 254 g/mol. The number of nitrogens with zero attached hydrogens (tertiary/aromatic N) is 1. The van der Waals surface area contributed by atoms with E-state index < -0.39 is 4.92 Å². The number of thioether (sulfide) groups is 1. The molecule has 0 unspecified atom stereocenters. The maximum absolute atomic E-state index is 10.4. The lowest BCUT2D eigenvalue weighted by atomic mass is 10.3. The zero-order valence-electron chi connectivity index (χ0n) is 6.99. The molecular formula is C8H8BrNO2S. The lowest BCUT2D eigenvalue weighted by molar-refractivity contribution is -0.385. The van der Waals surface area contributed by atoms with Gasteiger partial charge in [0.2, 0.25) is 0 Å². The average Bonchev–Trinajstić information content (AvgIpc) is 2.08. The van der Waals surface area contributed by atoms with Crippen molar-refractivity contribution in [3.63, 3.8) is 0 Å². The van der Waals surface area contributed by atoms with E-state index in [4.69, 9.17) is 0 Å². The standard InChI is InChI=1S/C8H8BrNO2S/c1-2-13-8-4-3-6(10(11)12)5-7(8)9/h3-5H,2H2,1H3.